The van der Waals surface area contributed by atoms with Gasteiger partial charge < -0.3 is 9.84 Å². The number of halogens is 1. The summed E-state index contributed by atoms with van der Waals surface area (Å²) in [6, 6.07) is 5.25. The summed E-state index contributed by atoms with van der Waals surface area (Å²) in [5, 5.41) is 9.21. The first-order valence-electron chi connectivity index (χ1n) is 6.26. The summed E-state index contributed by atoms with van der Waals surface area (Å²) < 4.78 is 6.43. The average molecular weight is 313 g/mol. The van der Waals surface area contributed by atoms with Crippen LogP contribution in [0.3, 0.4) is 0 Å². The van der Waals surface area contributed by atoms with E-state index >= 15 is 0 Å². The van der Waals surface area contributed by atoms with Crippen LogP contribution in [0, 0.1) is 5.92 Å². The van der Waals surface area contributed by atoms with E-state index in [1.165, 1.54) is 0 Å². The van der Waals surface area contributed by atoms with Crippen molar-refractivity contribution < 1.29 is 14.6 Å². The molecule has 0 radical (unpaired) electrons. The number of carboxylic acid groups (broad SMARTS) is 1. The first kappa shape index (κ1) is 13.4. The lowest BCUT2D eigenvalue weighted by atomic mass is 9.89. The minimum absolute atomic E-state index is 0.147. The Morgan fingerprint density at radius 3 is 2.61 bits per heavy atom. The molecule has 0 atom stereocenters. The fourth-order valence-electron chi connectivity index (χ4n) is 2.34. The van der Waals surface area contributed by atoms with Crippen molar-refractivity contribution >= 4 is 21.9 Å². The number of carbonyl (C=O) groups is 1. The van der Waals surface area contributed by atoms with Crippen LogP contribution >= 0.6 is 15.9 Å². The Morgan fingerprint density at radius 1 is 1.33 bits per heavy atom. The molecular formula is C14H17BrO3. The van der Waals surface area contributed by atoms with E-state index in [0.29, 0.717) is 10.2 Å². The van der Waals surface area contributed by atoms with Gasteiger partial charge in [-0.3, -0.25) is 0 Å². The van der Waals surface area contributed by atoms with Gasteiger partial charge in [0.1, 0.15) is 11.3 Å². The van der Waals surface area contributed by atoms with Gasteiger partial charge in [0.15, 0.2) is 0 Å². The van der Waals surface area contributed by atoms with E-state index < -0.39 is 5.97 Å². The largest absolute Gasteiger partial charge is 0.489 e. The molecule has 1 aromatic rings. The molecule has 1 fully saturated rings. The van der Waals surface area contributed by atoms with Gasteiger partial charge in [-0.1, -0.05) is 13.0 Å². The van der Waals surface area contributed by atoms with Gasteiger partial charge >= 0.3 is 5.97 Å². The van der Waals surface area contributed by atoms with Gasteiger partial charge in [-0.05, 0) is 59.7 Å². The molecule has 3 nitrogen and oxygen atoms in total. The van der Waals surface area contributed by atoms with Crippen molar-refractivity contribution in [2.24, 2.45) is 5.92 Å². The second-order valence-electron chi connectivity index (χ2n) is 4.92. The molecule has 0 spiro atoms. The SMILES string of the molecule is CC1CCC(Oc2cccc(Br)c2C(=O)O)CC1. The van der Waals surface area contributed by atoms with Crippen molar-refractivity contribution in [2.75, 3.05) is 0 Å². The smallest absolute Gasteiger partial charge is 0.340 e. The zero-order chi connectivity index (χ0) is 13.1. The highest BCUT2D eigenvalue weighted by Gasteiger charge is 2.22. The minimum atomic E-state index is -0.957. The standard InChI is InChI=1S/C14H17BrO3/c1-9-5-7-10(8-6-9)18-12-4-2-3-11(15)13(12)14(16)17/h2-4,9-10H,5-8H2,1H3,(H,16,17). The van der Waals surface area contributed by atoms with Crippen molar-refractivity contribution in [3.05, 3.63) is 28.2 Å². The Hall–Kier alpha value is -1.03. The lowest BCUT2D eigenvalue weighted by molar-refractivity contribution is 0.0683. The Morgan fingerprint density at radius 2 is 2.00 bits per heavy atom. The van der Waals surface area contributed by atoms with Crippen LogP contribution in [0.1, 0.15) is 43.0 Å². The zero-order valence-electron chi connectivity index (χ0n) is 10.4. The normalized spacial score (nSPS) is 23.7. The van der Waals surface area contributed by atoms with Gasteiger partial charge in [-0.25, -0.2) is 4.79 Å². The molecule has 98 valence electrons. The average Bonchev–Trinajstić information content (AvgIpc) is 2.32. The van der Waals surface area contributed by atoms with Crippen LogP contribution in [0.5, 0.6) is 5.75 Å². The lowest BCUT2D eigenvalue weighted by Crippen LogP contribution is -2.24. The van der Waals surface area contributed by atoms with Gasteiger partial charge in [0.25, 0.3) is 0 Å². The molecule has 2 rings (SSSR count). The molecule has 1 aromatic carbocycles. The van der Waals surface area contributed by atoms with Crippen LogP contribution in [0.2, 0.25) is 0 Å². The Labute approximate surface area is 115 Å². The van der Waals surface area contributed by atoms with Crippen LogP contribution < -0.4 is 4.74 Å². The number of aromatic carboxylic acids is 1. The van der Waals surface area contributed by atoms with Gasteiger partial charge in [-0.2, -0.15) is 0 Å². The number of rotatable bonds is 3. The van der Waals surface area contributed by atoms with Crippen molar-refractivity contribution in [3.8, 4) is 5.75 Å². The maximum atomic E-state index is 11.2. The zero-order valence-corrected chi connectivity index (χ0v) is 11.9. The molecule has 1 saturated carbocycles. The predicted octanol–water partition coefficient (Wildman–Crippen LogP) is 4.10. The van der Waals surface area contributed by atoms with E-state index in [1.54, 1.807) is 18.2 Å². The molecule has 0 aliphatic heterocycles. The van der Waals surface area contributed by atoms with Crippen molar-refractivity contribution in [3.63, 3.8) is 0 Å². The van der Waals surface area contributed by atoms with Gasteiger partial charge in [-0.15, -0.1) is 0 Å². The van der Waals surface area contributed by atoms with Crippen LogP contribution in [-0.4, -0.2) is 17.2 Å². The Bertz CT molecular complexity index is 437. The fraction of sp³-hybridized carbons (Fsp3) is 0.500. The van der Waals surface area contributed by atoms with Crippen molar-refractivity contribution in [1.82, 2.24) is 0 Å². The lowest BCUT2D eigenvalue weighted by Gasteiger charge is -2.27. The number of hydrogen-bond donors (Lipinski definition) is 1. The summed E-state index contributed by atoms with van der Waals surface area (Å²) in [5.74, 6) is 0.268. The van der Waals surface area contributed by atoms with E-state index in [0.717, 1.165) is 31.6 Å². The summed E-state index contributed by atoms with van der Waals surface area (Å²) in [4.78, 5) is 11.2. The fourth-order valence-corrected chi connectivity index (χ4v) is 2.85. The molecular weight excluding hydrogens is 296 g/mol. The summed E-state index contributed by atoms with van der Waals surface area (Å²) in [5.41, 5.74) is 0.219. The van der Waals surface area contributed by atoms with Crippen LogP contribution in [-0.2, 0) is 0 Å². The van der Waals surface area contributed by atoms with E-state index in [-0.39, 0.29) is 11.7 Å². The maximum Gasteiger partial charge on any atom is 0.340 e. The van der Waals surface area contributed by atoms with E-state index in [1.807, 2.05) is 0 Å². The number of benzene rings is 1. The molecule has 0 heterocycles. The minimum Gasteiger partial charge on any atom is -0.489 e. The van der Waals surface area contributed by atoms with Crippen LogP contribution in [0.15, 0.2) is 22.7 Å². The van der Waals surface area contributed by atoms with Gasteiger partial charge in [0.2, 0.25) is 0 Å². The van der Waals surface area contributed by atoms with Gasteiger partial charge in [0, 0.05) is 4.47 Å². The molecule has 18 heavy (non-hydrogen) atoms. The molecule has 0 saturated heterocycles. The molecule has 1 aliphatic carbocycles. The van der Waals surface area contributed by atoms with E-state index in [2.05, 4.69) is 22.9 Å². The van der Waals surface area contributed by atoms with Crippen LogP contribution in [0.25, 0.3) is 0 Å². The first-order valence-corrected chi connectivity index (χ1v) is 7.05. The molecule has 0 unspecified atom stereocenters. The first-order chi connectivity index (χ1) is 8.58. The Balaban J connectivity index is 2.14. The summed E-state index contributed by atoms with van der Waals surface area (Å²) in [7, 11) is 0. The molecule has 1 N–H and O–H groups in total. The molecule has 4 heteroatoms. The topological polar surface area (TPSA) is 46.5 Å². The number of hydrogen-bond acceptors (Lipinski definition) is 2. The molecule has 0 aromatic heterocycles. The third-order valence-electron chi connectivity index (χ3n) is 3.45. The monoisotopic (exact) mass is 312 g/mol. The Kier molecular flexibility index (Phi) is 4.27. The van der Waals surface area contributed by atoms with Crippen LogP contribution in [0.4, 0.5) is 0 Å². The summed E-state index contributed by atoms with van der Waals surface area (Å²) >= 11 is 3.26. The summed E-state index contributed by atoms with van der Waals surface area (Å²) in [6.07, 6.45) is 4.47. The molecule has 1 aliphatic rings. The highest BCUT2D eigenvalue weighted by molar-refractivity contribution is 9.10. The van der Waals surface area contributed by atoms with Crippen molar-refractivity contribution in [1.29, 1.82) is 0 Å². The van der Waals surface area contributed by atoms with Crippen molar-refractivity contribution in [2.45, 2.75) is 38.7 Å². The number of carboxylic acids is 1. The van der Waals surface area contributed by atoms with Gasteiger partial charge in [0.05, 0.1) is 6.10 Å². The summed E-state index contributed by atoms with van der Waals surface area (Å²) in [6.45, 7) is 2.25. The highest BCUT2D eigenvalue weighted by Crippen LogP contribution is 2.31. The molecule has 0 bridgehead atoms. The predicted molar refractivity (Wildman–Crippen MR) is 73.1 cm³/mol. The number of ether oxygens (including phenoxy) is 1. The quantitative estimate of drug-likeness (QED) is 0.913. The maximum absolute atomic E-state index is 11.2. The third kappa shape index (κ3) is 3.05. The highest BCUT2D eigenvalue weighted by atomic mass is 79.9. The second kappa shape index (κ2) is 5.74. The van der Waals surface area contributed by atoms with E-state index in [9.17, 15) is 9.90 Å². The van der Waals surface area contributed by atoms with E-state index in [4.69, 9.17) is 4.74 Å². The third-order valence-corrected chi connectivity index (χ3v) is 4.11. The second-order valence-corrected chi connectivity index (χ2v) is 5.77. The molecule has 0 amide bonds.